The molecule has 0 spiro atoms. The van der Waals surface area contributed by atoms with Gasteiger partial charge in [-0.3, -0.25) is 9.59 Å². The monoisotopic (exact) mass is 688 g/mol. The Kier molecular flexibility index (Phi) is 28.1. The zero-order chi connectivity index (χ0) is 34.5. The summed E-state index contributed by atoms with van der Waals surface area (Å²) < 4.78 is 5.73. The maximum absolute atomic E-state index is 13.2. The number of thioether (sulfide) groups is 1. The summed E-state index contributed by atoms with van der Waals surface area (Å²) >= 11 is 1.21. The predicted octanol–water partition coefficient (Wildman–Crippen LogP) is 6.49. The van der Waals surface area contributed by atoms with Crippen LogP contribution in [0.25, 0.3) is 0 Å². The molecule has 1 saturated heterocycles. The lowest BCUT2D eigenvalue weighted by Gasteiger charge is -2.40. The number of nitrogens with two attached hydrogens (primary N) is 1. The van der Waals surface area contributed by atoms with E-state index >= 15 is 0 Å². The van der Waals surface area contributed by atoms with Crippen molar-refractivity contribution in [3.63, 3.8) is 0 Å². The first-order valence-corrected chi connectivity index (χ1v) is 20.5. The van der Waals surface area contributed by atoms with Gasteiger partial charge in [0.05, 0.1) is 12.6 Å². The van der Waals surface area contributed by atoms with Gasteiger partial charge in [0.2, 0.25) is 11.8 Å². The van der Waals surface area contributed by atoms with Crippen molar-refractivity contribution in [2.45, 2.75) is 204 Å². The molecule has 1 aliphatic heterocycles. The van der Waals surface area contributed by atoms with Gasteiger partial charge in [0.25, 0.3) is 0 Å². The SMILES string of the molecule is CCCCCCCCCCCCCCNC(=O)[C@H](CS[C@@H]1O[C@H](CO)[C@H](O)[C@H](O)[C@H]1N)NC(=O)CCCCCCCCCCCCC. The summed E-state index contributed by atoms with van der Waals surface area (Å²) in [5, 5.41) is 35.9. The molecule has 0 radical (unpaired) electrons. The van der Waals surface area contributed by atoms with Crippen molar-refractivity contribution in [2.75, 3.05) is 18.9 Å². The van der Waals surface area contributed by atoms with Crippen LogP contribution in [0.15, 0.2) is 0 Å². The van der Waals surface area contributed by atoms with E-state index in [0.717, 1.165) is 38.5 Å². The topological polar surface area (TPSA) is 154 Å². The van der Waals surface area contributed by atoms with Crippen LogP contribution in [-0.2, 0) is 14.3 Å². The van der Waals surface area contributed by atoms with E-state index in [1.807, 2.05) is 0 Å². The molecule has 0 aliphatic carbocycles. The molecular weight excluding hydrogens is 614 g/mol. The second-order valence-corrected chi connectivity index (χ2v) is 14.8. The summed E-state index contributed by atoms with van der Waals surface area (Å²) in [5.74, 6) is -0.186. The van der Waals surface area contributed by atoms with E-state index in [1.54, 1.807) is 0 Å². The number of hydrogen-bond acceptors (Lipinski definition) is 8. The zero-order valence-electron chi connectivity index (χ0n) is 30.1. The molecule has 0 aromatic heterocycles. The minimum Gasteiger partial charge on any atom is -0.394 e. The van der Waals surface area contributed by atoms with Gasteiger partial charge < -0.3 is 36.4 Å². The van der Waals surface area contributed by atoms with E-state index in [1.165, 1.54) is 121 Å². The average Bonchev–Trinajstić information content (AvgIpc) is 3.07. The molecule has 10 heteroatoms. The molecule has 278 valence electrons. The predicted molar refractivity (Wildman–Crippen MR) is 195 cm³/mol. The van der Waals surface area contributed by atoms with Gasteiger partial charge in [-0.25, -0.2) is 0 Å². The van der Waals surface area contributed by atoms with Crippen molar-refractivity contribution in [3.05, 3.63) is 0 Å². The average molecular weight is 688 g/mol. The van der Waals surface area contributed by atoms with Gasteiger partial charge in [0.15, 0.2) is 0 Å². The number of nitrogens with one attached hydrogen (secondary N) is 2. The first kappa shape index (κ1) is 44.1. The molecule has 0 aromatic carbocycles. The Morgan fingerprint density at radius 2 is 1.15 bits per heavy atom. The molecule has 7 N–H and O–H groups in total. The van der Waals surface area contributed by atoms with Crippen molar-refractivity contribution < 1.29 is 29.6 Å². The molecule has 0 unspecified atom stereocenters. The third kappa shape index (κ3) is 21.7. The van der Waals surface area contributed by atoms with Crippen LogP contribution in [0.3, 0.4) is 0 Å². The summed E-state index contributed by atoms with van der Waals surface area (Å²) in [4.78, 5) is 26.0. The second kappa shape index (κ2) is 30.0. The van der Waals surface area contributed by atoms with Crippen molar-refractivity contribution in [1.82, 2.24) is 10.6 Å². The van der Waals surface area contributed by atoms with Crippen LogP contribution in [-0.4, -0.2) is 81.9 Å². The second-order valence-electron chi connectivity index (χ2n) is 13.7. The molecule has 1 rings (SSSR count). The summed E-state index contributed by atoms with van der Waals surface area (Å²) in [6, 6.07) is -1.67. The van der Waals surface area contributed by atoms with Crippen molar-refractivity contribution in [1.29, 1.82) is 0 Å². The van der Waals surface area contributed by atoms with Crippen LogP contribution < -0.4 is 16.4 Å². The number of ether oxygens (including phenoxy) is 1. The molecule has 0 aromatic rings. The largest absolute Gasteiger partial charge is 0.394 e. The number of carbonyl (C=O) groups excluding carboxylic acids is 2. The molecule has 1 fully saturated rings. The maximum atomic E-state index is 13.2. The first-order valence-electron chi connectivity index (χ1n) is 19.4. The third-order valence-corrected chi connectivity index (χ3v) is 10.6. The Labute approximate surface area is 291 Å². The number of hydrogen-bond donors (Lipinski definition) is 6. The molecule has 9 nitrogen and oxygen atoms in total. The molecule has 1 aliphatic rings. The fourth-order valence-electron chi connectivity index (χ4n) is 6.14. The number of unbranched alkanes of at least 4 members (excludes halogenated alkanes) is 21. The lowest BCUT2D eigenvalue weighted by molar-refractivity contribution is -0.165. The minimum absolute atomic E-state index is 0.149. The Hall–Kier alpha value is -0.910. The first-order chi connectivity index (χ1) is 22.8. The maximum Gasteiger partial charge on any atom is 0.243 e. The van der Waals surface area contributed by atoms with Crippen LogP contribution in [0.2, 0.25) is 0 Å². The van der Waals surface area contributed by atoms with E-state index in [0.29, 0.717) is 13.0 Å². The summed E-state index contributed by atoms with van der Waals surface area (Å²) in [7, 11) is 0. The molecule has 6 atom stereocenters. The normalized spacial score (nSPS) is 21.9. The standard InChI is InChI=1S/C37H73N3O6S/c1-3-5-7-9-11-13-15-17-19-21-23-25-27-39-36(45)30(29-47-37-33(38)35(44)34(43)31(28-41)46-37)40-32(42)26-24-22-20-18-16-14-12-10-8-6-4-2/h30-31,33-35,37,41,43-44H,3-29,38H2,1-2H3,(H,39,45)(H,40,42)/t30-,31+,33+,34-,35+,37-/m0/s1. The molecule has 1 heterocycles. The van der Waals surface area contributed by atoms with Crippen molar-refractivity contribution in [2.24, 2.45) is 5.73 Å². The van der Waals surface area contributed by atoms with Crippen molar-refractivity contribution >= 4 is 23.6 Å². The highest BCUT2D eigenvalue weighted by atomic mass is 32.2. The Balaban J connectivity index is 2.41. The van der Waals surface area contributed by atoms with E-state index in [9.17, 15) is 24.9 Å². The number of aliphatic hydroxyl groups is 3. The summed E-state index contributed by atoms with van der Waals surface area (Å²) in [5.41, 5.74) is 5.37. The van der Waals surface area contributed by atoms with Crippen LogP contribution in [0.5, 0.6) is 0 Å². The van der Waals surface area contributed by atoms with Gasteiger partial charge in [0, 0.05) is 18.7 Å². The number of rotatable bonds is 31. The third-order valence-electron chi connectivity index (χ3n) is 9.34. The number of amides is 2. The smallest absolute Gasteiger partial charge is 0.243 e. The van der Waals surface area contributed by atoms with Crippen LogP contribution in [0.1, 0.15) is 168 Å². The summed E-state index contributed by atoms with van der Waals surface area (Å²) in [6.45, 7) is 4.59. The van der Waals surface area contributed by atoms with Crippen molar-refractivity contribution in [3.8, 4) is 0 Å². The van der Waals surface area contributed by atoms with Gasteiger partial charge in [-0.2, -0.15) is 0 Å². The fourth-order valence-corrected chi connectivity index (χ4v) is 7.37. The Morgan fingerprint density at radius 1 is 0.702 bits per heavy atom. The lowest BCUT2D eigenvalue weighted by atomic mass is 9.99. The van der Waals surface area contributed by atoms with Crippen LogP contribution in [0, 0.1) is 0 Å². The zero-order valence-corrected chi connectivity index (χ0v) is 30.9. The van der Waals surface area contributed by atoms with E-state index in [-0.39, 0.29) is 17.6 Å². The highest BCUT2D eigenvalue weighted by Crippen LogP contribution is 2.28. The number of carbonyl (C=O) groups is 2. The minimum atomic E-state index is -1.29. The van der Waals surface area contributed by atoms with Gasteiger partial charge in [-0.1, -0.05) is 149 Å². The molecular formula is C37H73N3O6S. The summed E-state index contributed by atoms with van der Waals surface area (Å²) in [6.07, 6.45) is 25.2. The Bertz CT molecular complexity index is 762. The molecule has 0 bridgehead atoms. The molecule has 47 heavy (non-hydrogen) atoms. The van der Waals surface area contributed by atoms with E-state index in [2.05, 4.69) is 24.5 Å². The van der Waals surface area contributed by atoms with E-state index < -0.39 is 42.4 Å². The molecule has 2 amide bonds. The van der Waals surface area contributed by atoms with Crippen LogP contribution in [0.4, 0.5) is 0 Å². The van der Waals surface area contributed by atoms with Gasteiger partial charge in [-0.05, 0) is 12.8 Å². The van der Waals surface area contributed by atoms with Gasteiger partial charge >= 0.3 is 0 Å². The number of aliphatic hydroxyl groups excluding tert-OH is 3. The Morgan fingerprint density at radius 3 is 1.62 bits per heavy atom. The van der Waals surface area contributed by atoms with Gasteiger partial charge in [-0.15, -0.1) is 11.8 Å². The lowest BCUT2D eigenvalue weighted by Crippen LogP contribution is -2.61. The fraction of sp³-hybridized carbons (Fsp3) is 0.946. The highest BCUT2D eigenvalue weighted by Gasteiger charge is 2.43. The molecule has 0 saturated carbocycles. The van der Waals surface area contributed by atoms with Crippen LogP contribution >= 0.6 is 11.8 Å². The van der Waals surface area contributed by atoms with Gasteiger partial charge in [0.1, 0.15) is 29.8 Å². The van der Waals surface area contributed by atoms with E-state index in [4.69, 9.17) is 10.5 Å². The quantitative estimate of drug-likeness (QED) is 0.0452. The highest BCUT2D eigenvalue weighted by molar-refractivity contribution is 7.99.